The molecule has 0 bridgehead atoms. The third-order valence-corrected chi connectivity index (χ3v) is 3.42. The lowest BCUT2D eigenvalue weighted by atomic mass is 10.3. The largest absolute Gasteiger partial charge is 0.353 e. The first kappa shape index (κ1) is 11.8. The fraction of sp³-hybridized carbons (Fsp3) is 0.636. The van der Waals surface area contributed by atoms with Gasteiger partial charge in [0.1, 0.15) is 12.1 Å². The molecule has 2 rings (SSSR count). The quantitative estimate of drug-likeness (QED) is 0.847. The predicted octanol–water partition coefficient (Wildman–Crippen LogP) is 1.77. The minimum atomic E-state index is 0.985. The Kier molecular flexibility index (Phi) is 4.12. The van der Waals surface area contributed by atoms with Gasteiger partial charge in [0.15, 0.2) is 0 Å². The number of aromatic nitrogens is 2. The van der Waals surface area contributed by atoms with Crippen molar-refractivity contribution in [2.45, 2.75) is 13.3 Å². The van der Waals surface area contributed by atoms with Crippen LogP contribution in [0.3, 0.4) is 0 Å². The average molecular weight is 285 g/mol. The van der Waals surface area contributed by atoms with Crippen LogP contribution >= 0.6 is 15.9 Å². The maximum absolute atomic E-state index is 4.32. The zero-order valence-electron chi connectivity index (χ0n) is 9.56. The molecule has 0 amide bonds. The molecule has 0 radical (unpaired) electrons. The van der Waals surface area contributed by atoms with Crippen LogP contribution in [0.1, 0.15) is 13.3 Å². The van der Waals surface area contributed by atoms with Crippen molar-refractivity contribution in [2.24, 2.45) is 0 Å². The fourth-order valence-corrected chi connectivity index (χ4v) is 2.51. The Labute approximate surface area is 105 Å². The van der Waals surface area contributed by atoms with Gasteiger partial charge in [-0.3, -0.25) is 4.90 Å². The molecule has 1 aliphatic rings. The summed E-state index contributed by atoms with van der Waals surface area (Å²) >= 11 is 3.50. The van der Waals surface area contributed by atoms with Crippen LogP contribution in [-0.2, 0) is 0 Å². The van der Waals surface area contributed by atoms with E-state index in [-0.39, 0.29) is 0 Å². The second-order valence-electron chi connectivity index (χ2n) is 4.02. The molecule has 4 nitrogen and oxygen atoms in total. The van der Waals surface area contributed by atoms with Crippen LogP contribution in [0.2, 0.25) is 0 Å². The van der Waals surface area contributed by atoms with Gasteiger partial charge in [-0.2, -0.15) is 0 Å². The van der Waals surface area contributed by atoms with Crippen LogP contribution in [0.5, 0.6) is 0 Å². The minimum absolute atomic E-state index is 0.985. The van der Waals surface area contributed by atoms with Crippen molar-refractivity contribution >= 4 is 21.7 Å². The van der Waals surface area contributed by atoms with Gasteiger partial charge in [0.25, 0.3) is 0 Å². The first-order chi connectivity index (χ1) is 7.81. The van der Waals surface area contributed by atoms with Crippen molar-refractivity contribution in [3.8, 4) is 0 Å². The molecule has 5 heteroatoms. The Morgan fingerprint density at radius 2 is 2.06 bits per heavy atom. The van der Waals surface area contributed by atoms with Crippen LogP contribution in [-0.4, -0.2) is 47.6 Å². The third kappa shape index (κ3) is 2.71. The van der Waals surface area contributed by atoms with E-state index < -0.39 is 0 Å². The monoisotopic (exact) mass is 284 g/mol. The van der Waals surface area contributed by atoms with E-state index in [1.807, 2.05) is 0 Å². The average Bonchev–Trinajstić information content (AvgIpc) is 2.31. The summed E-state index contributed by atoms with van der Waals surface area (Å²) in [4.78, 5) is 13.1. The Morgan fingerprint density at radius 1 is 1.31 bits per heavy atom. The Hall–Kier alpha value is -0.680. The summed E-state index contributed by atoms with van der Waals surface area (Å²) in [6.07, 6.45) is 4.65. The Bertz CT molecular complexity index is 337. The maximum Gasteiger partial charge on any atom is 0.146 e. The maximum atomic E-state index is 4.32. The summed E-state index contributed by atoms with van der Waals surface area (Å²) < 4.78 is 0.985. The molecule has 0 aromatic carbocycles. The van der Waals surface area contributed by atoms with Crippen molar-refractivity contribution < 1.29 is 0 Å². The molecule has 0 unspecified atom stereocenters. The summed E-state index contributed by atoms with van der Waals surface area (Å²) in [5.74, 6) is 1.02. The summed E-state index contributed by atoms with van der Waals surface area (Å²) in [5, 5.41) is 0. The summed E-state index contributed by atoms with van der Waals surface area (Å²) in [7, 11) is 0. The smallest absolute Gasteiger partial charge is 0.146 e. The number of hydrogen-bond donors (Lipinski definition) is 0. The number of nitrogens with zero attached hydrogens (tertiary/aromatic N) is 4. The molecule has 0 N–H and O–H groups in total. The molecule has 0 spiro atoms. The number of halogens is 1. The van der Waals surface area contributed by atoms with E-state index in [4.69, 9.17) is 0 Å². The SMILES string of the molecule is CCCN1CCN(c2ncncc2Br)CC1. The number of piperazine rings is 1. The van der Waals surface area contributed by atoms with Crippen molar-refractivity contribution in [1.82, 2.24) is 14.9 Å². The van der Waals surface area contributed by atoms with Gasteiger partial charge in [-0.05, 0) is 28.9 Å². The first-order valence-electron chi connectivity index (χ1n) is 5.74. The van der Waals surface area contributed by atoms with Crippen LogP contribution in [0.15, 0.2) is 17.0 Å². The standard InChI is InChI=1S/C11H17BrN4/c1-2-3-15-4-6-16(7-5-15)11-10(12)8-13-9-14-11/h8-9H,2-7H2,1H3. The van der Waals surface area contributed by atoms with Crippen molar-refractivity contribution in [3.05, 3.63) is 17.0 Å². The van der Waals surface area contributed by atoms with Crippen molar-refractivity contribution in [1.29, 1.82) is 0 Å². The topological polar surface area (TPSA) is 32.3 Å². The van der Waals surface area contributed by atoms with Crippen molar-refractivity contribution in [2.75, 3.05) is 37.6 Å². The number of anilines is 1. The van der Waals surface area contributed by atoms with Crippen LogP contribution in [0.25, 0.3) is 0 Å². The predicted molar refractivity (Wildman–Crippen MR) is 68.7 cm³/mol. The molecular formula is C11H17BrN4. The van der Waals surface area contributed by atoms with E-state index in [1.165, 1.54) is 13.0 Å². The highest BCUT2D eigenvalue weighted by Crippen LogP contribution is 2.22. The molecule has 0 atom stereocenters. The van der Waals surface area contributed by atoms with E-state index in [0.717, 1.165) is 36.5 Å². The Morgan fingerprint density at radius 3 is 2.69 bits per heavy atom. The summed E-state index contributed by atoms with van der Waals surface area (Å²) in [6.45, 7) is 7.80. The Balaban J connectivity index is 1.96. The van der Waals surface area contributed by atoms with E-state index in [2.05, 4.69) is 42.6 Å². The van der Waals surface area contributed by atoms with Gasteiger partial charge in [0, 0.05) is 32.4 Å². The van der Waals surface area contributed by atoms with Gasteiger partial charge in [-0.15, -0.1) is 0 Å². The van der Waals surface area contributed by atoms with Crippen LogP contribution in [0, 0.1) is 0 Å². The lowest BCUT2D eigenvalue weighted by Crippen LogP contribution is -2.46. The second-order valence-corrected chi connectivity index (χ2v) is 4.88. The molecule has 1 fully saturated rings. The zero-order chi connectivity index (χ0) is 11.4. The molecule has 1 aliphatic heterocycles. The van der Waals surface area contributed by atoms with E-state index >= 15 is 0 Å². The molecule has 1 saturated heterocycles. The fourth-order valence-electron chi connectivity index (χ4n) is 2.04. The van der Waals surface area contributed by atoms with Gasteiger partial charge in [0.05, 0.1) is 4.47 Å². The van der Waals surface area contributed by atoms with Gasteiger partial charge in [-0.1, -0.05) is 6.92 Å². The molecular weight excluding hydrogens is 268 g/mol. The van der Waals surface area contributed by atoms with E-state index in [1.54, 1.807) is 12.5 Å². The molecule has 2 heterocycles. The summed E-state index contributed by atoms with van der Waals surface area (Å²) in [5.41, 5.74) is 0. The molecule has 16 heavy (non-hydrogen) atoms. The highest BCUT2D eigenvalue weighted by Gasteiger charge is 2.18. The molecule has 1 aromatic heterocycles. The third-order valence-electron chi connectivity index (χ3n) is 2.86. The van der Waals surface area contributed by atoms with Gasteiger partial charge >= 0.3 is 0 Å². The van der Waals surface area contributed by atoms with Crippen LogP contribution < -0.4 is 4.90 Å². The normalized spacial score (nSPS) is 17.8. The zero-order valence-corrected chi connectivity index (χ0v) is 11.2. The molecule has 88 valence electrons. The highest BCUT2D eigenvalue weighted by molar-refractivity contribution is 9.10. The molecule has 0 aliphatic carbocycles. The van der Waals surface area contributed by atoms with Gasteiger partial charge in [0.2, 0.25) is 0 Å². The van der Waals surface area contributed by atoms with Crippen LogP contribution in [0.4, 0.5) is 5.82 Å². The van der Waals surface area contributed by atoms with Gasteiger partial charge in [-0.25, -0.2) is 9.97 Å². The van der Waals surface area contributed by atoms with Crippen molar-refractivity contribution in [3.63, 3.8) is 0 Å². The van der Waals surface area contributed by atoms with Gasteiger partial charge < -0.3 is 4.90 Å². The first-order valence-corrected chi connectivity index (χ1v) is 6.53. The summed E-state index contributed by atoms with van der Waals surface area (Å²) in [6, 6.07) is 0. The second kappa shape index (κ2) is 5.59. The molecule has 0 saturated carbocycles. The number of rotatable bonds is 3. The van der Waals surface area contributed by atoms with E-state index in [0.29, 0.717) is 0 Å². The minimum Gasteiger partial charge on any atom is -0.353 e. The molecule has 1 aromatic rings. The highest BCUT2D eigenvalue weighted by atomic mass is 79.9. The van der Waals surface area contributed by atoms with E-state index in [9.17, 15) is 0 Å². The number of hydrogen-bond acceptors (Lipinski definition) is 4. The lowest BCUT2D eigenvalue weighted by molar-refractivity contribution is 0.258. The lowest BCUT2D eigenvalue weighted by Gasteiger charge is -2.35.